The van der Waals surface area contributed by atoms with Gasteiger partial charge in [-0.3, -0.25) is 15.5 Å². The molecule has 0 radical (unpaired) electrons. The van der Waals surface area contributed by atoms with E-state index < -0.39 is 5.69 Å². The van der Waals surface area contributed by atoms with Gasteiger partial charge in [-0.1, -0.05) is 11.6 Å². The van der Waals surface area contributed by atoms with Gasteiger partial charge in [-0.25, -0.2) is 0 Å². The topological polar surface area (TPSA) is 100 Å². The van der Waals surface area contributed by atoms with Gasteiger partial charge in [0.15, 0.2) is 5.96 Å². The third kappa shape index (κ3) is 3.39. The van der Waals surface area contributed by atoms with Crippen molar-refractivity contribution in [2.45, 2.75) is 24.6 Å². The predicted octanol–water partition coefficient (Wildman–Crippen LogP) is -0.713. The van der Waals surface area contributed by atoms with E-state index in [9.17, 15) is 4.79 Å². The molecule has 0 aromatic heterocycles. The smallest absolute Gasteiger partial charge is 0.325 e. The van der Waals surface area contributed by atoms with E-state index in [0.29, 0.717) is 13.0 Å². The van der Waals surface area contributed by atoms with Crippen molar-refractivity contribution in [3.8, 4) is 0 Å². The lowest BCUT2D eigenvalue weighted by molar-refractivity contribution is -0.140. The van der Waals surface area contributed by atoms with Crippen molar-refractivity contribution >= 4 is 23.5 Å². The van der Waals surface area contributed by atoms with Crippen LogP contribution in [-0.2, 0) is 9.53 Å². The summed E-state index contributed by atoms with van der Waals surface area (Å²) in [5.74, 6) is -0.394. The van der Waals surface area contributed by atoms with Crippen LogP contribution in [0.2, 0.25) is 0 Å². The molecule has 1 heterocycles. The van der Waals surface area contributed by atoms with Crippen molar-refractivity contribution in [2.75, 3.05) is 6.54 Å². The summed E-state index contributed by atoms with van der Waals surface area (Å²) >= 11 is 5.54. The maximum absolute atomic E-state index is 11.1. The van der Waals surface area contributed by atoms with Gasteiger partial charge >= 0.3 is 5.97 Å². The van der Waals surface area contributed by atoms with E-state index in [0.717, 1.165) is 6.42 Å². The molecular weight excluding hydrogens is 208 g/mol. The minimum absolute atomic E-state index is 0.0674. The molecule has 1 aliphatic rings. The number of carbonyl (C=O) groups is 1. The zero-order valence-corrected chi connectivity index (χ0v) is 8.30. The van der Waals surface area contributed by atoms with Gasteiger partial charge in [-0.2, -0.15) is 0 Å². The molecule has 1 fully saturated rings. The second kappa shape index (κ2) is 5.02. The minimum atomic E-state index is -0.715. The molecule has 1 rings (SSSR count). The van der Waals surface area contributed by atoms with E-state index in [-0.39, 0.29) is 18.0 Å². The van der Waals surface area contributed by atoms with Gasteiger partial charge in [0.25, 0.3) is 0 Å². The van der Waals surface area contributed by atoms with Crippen molar-refractivity contribution in [1.29, 1.82) is 5.41 Å². The molecule has 0 saturated carbocycles. The van der Waals surface area contributed by atoms with Crippen molar-refractivity contribution < 1.29 is 9.53 Å². The van der Waals surface area contributed by atoms with Gasteiger partial charge in [0.1, 0.15) is 6.04 Å². The van der Waals surface area contributed by atoms with E-state index in [4.69, 9.17) is 22.7 Å². The highest BCUT2D eigenvalue weighted by molar-refractivity contribution is 6.20. The van der Waals surface area contributed by atoms with Crippen LogP contribution >= 0.6 is 11.6 Å². The molecule has 80 valence electrons. The SMILES string of the molecule is N=C(N)NCCC[C@@H]1N[C@@H](Cl)OC1=O. The summed E-state index contributed by atoms with van der Waals surface area (Å²) in [7, 11) is 0. The number of hydrogen-bond acceptors (Lipinski definition) is 4. The molecule has 0 aliphatic carbocycles. The molecule has 0 aromatic rings. The summed E-state index contributed by atoms with van der Waals surface area (Å²) in [5, 5.41) is 12.3. The first kappa shape index (κ1) is 11.1. The quantitative estimate of drug-likeness (QED) is 0.125. The van der Waals surface area contributed by atoms with Crippen LogP contribution in [0.3, 0.4) is 0 Å². The molecule has 7 heteroatoms. The fourth-order valence-corrected chi connectivity index (χ4v) is 1.41. The Labute approximate surface area is 86.6 Å². The van der Waals surface area contributed by atoms with Gasteiger partial charge in [-0.15, -0.1) is 0 Å². The van der Waals surface area contributed by atoms with Gasteiger partial charge in [0.2, 0.25) is 5.69 Å². The van der Waals surface area contributed by atoms with Crippen LogP contribution in [0.15, 0.2) is 0 Å². The number of guanidine groups is 1. The lowest BCUT2D eigenvalue weighted by atomic mass is 10.2. The fraction of sp³-hybridized carbons (Fsp3) is 0.714. The molecule has 0 spiro atoms. The van der Waals surface area contributed by atoms with E-state index in [1.54, 1.807) is 0 Å². The molecule has 0 bridgehead atoms. The largest absolute Gasteiger partial charge is 0.431 e. The number of carbonyl (C=O) groups excluding carboxylic acids is 1. The highest BCUT2D eigenvalue weighted by Gasteiger charge is 2.31. The minimum Gasteiger partial charge on any atom is -0.431 e. The number of nitrogens with one attached hydrogen (secondary N) is 3. The van der Waals surface area contributed by atoms with Crippen molar-refractivity contribution in [3.63, 3.8) is 0 Å². The standard InChI is InChI=1S/C7H13ClN4O2/c8-6-12-4(5(13)14-6)2-1-3-11-7(9)10/h4,6,12H,1-3H2,(H4,9,10,11)/t4-,6+/m0/s1. The van der Waals surface area contributed by atoms with Gasteiger partial charge in [-0.05, 0) is 12.8 Å². The van der Waals surface area contributed by atoms with Gasteiger partial charge in [0.05, 0.1) is 0 Å². The van der Waals surface area contributed by atoms with E-state index in [2.05, 4.69) is 15.4 Å². The van der Waals surface area contributed by atoms with Gasteiger partial charge in [0, 0.05) is 6.54 Å². The zero-order valence-electron chi connectivity index (χ0n) is 7.55. The number of hydrogen-bond donors (Lipinski definition) is 4. The zero-order chi connectivity index (χ0) is 10.6. The second-order valence-electron chi connectivity index (χ2n) is 2.95. The molecule has 0 aromatic carbocycles. The number of nitrogens with two attached hydrogens (primary N) is 1. The molecule has 6 nitrogen and oxygen atoms in total. The molecule has 1 saturated heterocycles. The number of halogens is 1. The highest BCUT2D eigenvalue weighted by Crippen LogP contribution is 2.11. The number of ether oxygens (including phenoxy) is 1. The molecule has 0 amide bonds. The molecule has 0 unspecified atom stereocenters. The third-order valence-electron chi connectivity index (χ3n) is 1.82. The van der Waals surface area contributed by atoms with Gasteiger partial charge < -0.3 is 15.8 Å². The van der Waals surface area contributed by atoms with Crippen LogP contribution in [0.4, 0.5) is 0 Å². The van der Waals surface area contributed by atoms with Crippen LogP contribution in [0.25, 0.3) is 0 Å². The van der Waals surface area contributed by atoms with Crippen LogP contribution < -0.4 is 16.4 Å². The molecule has 14 heavy (non-hydrogen) atoms. The summed E-state index contributed by atoms with van der Waals surface area (Å²) < 4.78 is 4.68. The first-order valence-corrected chi connectivity index (χ1v) is 4.72. The van der Waals surface area contributed by atoms with E-state index in [1.165, 1.54) is 0 Å². The van der Waals surface area contributed by atoms with Crippen LogP contribution in [0.1, 0.15) is 12.8 Å². The monoisotopic (exact) mass is 220 g/mol. The highest BCUT2D eigenvalue weighted by atomic mass is 35.5. The van der Waals surface area contributed by atoms with Crippen LogP contribution in [0, 0.1) is 5.41 Å². The number of alkyl halides is 1. The Bertz CT molecular complexity index is 236. The van der Waals surface area contributed by atoms with Crippen molar-refractivity contribution in [3.05, 3.63) is 0 Å². The maximum Gasteiger partial charge on any atom is 0.325 e. The average Bonchev–Trinajstić information content (AvgIpc) is 2.39. The number of esters is 1. The van der Waals surface area contributed by atoms with E-state index in [1.807, 2.05) is 0 Å². The third-order valence-corrected chi connectivity index (χ3v) is 2.04. The maximum atomic E-state index is 11.1. The average molecular weight is 221 g/mol. The molecule has 2 atom stereocenters. The van der Waals surface area contributed by atoms with Crippen LogP contribution in [0.5, 0.6) is 0 Å². The lowest BCUT2D eigenvalue weighted by Crippen LogP contribution is -2.33. The molecular formula is C7H13ClN4O2. The first-order chi connectivity index (χ1) is 6.59. The number of cyclic esters (lactones) is 1. The Kier molecular flexibility index (Phi) is 3.97. The normalized spacial score (nSPS) is 25.9. The van der Waals surface area contributed by atoms with Crippen LogP contribution in [-0.4, -0.2) is 30.2 Å². The fourth-order valence-electron chi connectivity index (χ4n) is 1.17. The second-order valence-corrected chi connectivity index (χ2v) is 3.35. The Morgan fingerprint density at radius 2 is 2.50 bits per heavy atom. The lowest BCUT2D eigenvalue weighted by Gasteiger charge is -2.06. The summed E-state index contributed by atoms with van der Waals surface area (Å²) in [6.45, 7) is 0.563. The summed E-state index contributed by atoms with van der Waals surface area (Å²) in [5.41, 5.74) is 4.37. The van der Waals surface area contributed by atoms with Crippen molar-refractivity contribution in [2.24, 2.45) is 5.73 Å². The Morgan fingerprint density at radius 3 is 3.00 bits per heavy atom. The predicted molar refractivity (Wildman–Crippen MR) is 51.8 cm³/mol. The molecule has 5 N–H and O–H groups in total. The Balaban J connectivity index is 2.13. The summed E-state index contributed by atoms with van der Waals surface area (Å²) in [4.78, 5) is 11.1. The molecule has 1 aliphatic heterocycles. The Hall–Kier alpha value is -1.01. The summed E-state index contributed by atoms with van der Waals surface area (Å²) in [6, 6.07) is -0.341. The number of rotatable bonds is 4. The van der Waals surface area contributed by atoms with Crippen molar-refractivity contribution in [1.82, 2.24) is 10.6 Å². The first-order valence-electron chi connectivity index (χ1n) is 4.28. The van der Waals surface area contributed by atoms with E-state index >= 15 is 0 Å². The Morgan fingerprint density at radius 1 is 1.79 bits per heavy atom. The summed E-state index contributed by atoms with van der Waals surface area (Å²) in [6.07, 6.45) is 1.33.